The van der Waals surface area contributed by atoms with Gasteiger partial charge >= 0.3 is 5.97 Å². The second kappa shape index (κ2) is 15.6. The second-order valence-electron chi connectivity index (χ2n) is 7.81. The van der Waals surface area contributed by atoms with Gasteiger partial charge in [-0.25, -0.2) is 4.79 Å². The second-order valence-corrected chi connectivity index (χ2v) is 7.81. The summed E-state index contributed by atoms with van der Waals surface area (Å²) >= 11 is 0. The van der Waals surface area contributed by atoms with Crippen LogP contribution in [-0.2, 0) is 38.4 Å². The molecule has 17 nitrogen and oxygen atoms in total. The van der Waals surface area contributed by atoms with E-state index in [1.807, 2.05) is 0 Å². The summed E-state index contributed by atoms with van der Waals surface area (Å²) in [5.74, 6) is -7.93. The molecule has 17 heteroatoms. The third kappa shape index (κ3) is 13.4. The molecule has 0 aliphatic heterocycles. The molecule has 4 atom stereocenters. The number of hydrogen-bond acceptors (Lipinski definition) is 9. The van der Waals surface area contributed by atoms with Gasteiger partial charge in [0.25, 0.3) is 0 Å². The topological polar surface area (TPSA) is 323 Å². The molecule has 4 unspecified atom stereocenters. The fourth-order valence-corrected chi connectivity index (χ4v) is 2.76. The van der Waals surface area contributed by atoms with E-state index in [4.69, 9.17) is 28.7 Å². The highest BCUT2D eigenvalue weighted by Gasteiger charge is 2.31. The predicted octanol–water partition coefficient (Wildman–Crippen LogP) is -5.48. The van der Waals surface area contributed by atoms with E-state index in [-0.39, 0.29) is 32.1 Å². The maximum atomic E-state index is 12.8. The molecule has 0 fully saturated rings. The third-order valence-corrected chi connectivity index (χ3v) is 4.68. The lowest BCUT2D eigenvalue weighted by molar-refractivity contribution is -0.143. The Morgan fingerprint density at radius 2 is 0.944 bits per heavy atom. The van der Waals surface area contributed by atoms with Crippen molar-refractivity contribution in [1.29, 1.82) is 0 Å². The number of carboxylic acids is 1. The van der Waals surface area contributed by atoms with Crippen molar-refractivity contribution in [3.63, 3.8) is 0 Å². The Labute approximate surface area is 205 Å². The molecule has 7 amide bonds. The summed E-state index contributed by atoms with van der Waals surface area (Å²) in [6.07, 6.45) is -2.57. The Hall–Kier alpha value is -4.28. The molecule has 0 aromatic carbocycles. The first-order chi connectivity index (χ1) is 16.6. The number of aliphatic carboxylic acids is 1. The molecule has 36 heavy (non-hydrogen) atoms. The first-order valence-corrected chi connectivity index (χ1v) is 10.7. The van der Waals surface area contributed by atoms with Crippen LogP contribution in [0.3, 0.4) is 0 Å². The monoisotopic (exact) mass is 516 g/mol. The number of carbonyl (C=O) groups is 8. The third-order valence-electron chi connectivity index (χ3n) is 4.68. The zero-order chi connectivity index (χ0) is 28.0. The summed E-state index contributed by atoms with van der Waals surface area (Å²) in [6, 6.07) is -5.96. The molecule has 0 aromatic rings. The molecule has 0 bridgehead atoms. The van der Waals surface area contributed by atoms with Crippen LogP contribution < -0.4 is 44.6 Å². The van der Waals surface area contributed by atoms with E-state index in [0.717, 1.165) is 0 Å². The molecular weight excluding hydrogens is 484 g/mol. The SMILES string of the molecule is NC(=O)CCC(N)C(=O)NC(CC(N)=O)C(=O)NC(CCC(N)=O)C(=O)NC(CCC(N)=O)C(=O)O. The van der Waals surface area contributed by atoms with Gasteiger partial charge in [0.1, 0.15) is 18.1 Å². The average molecular weight is 517 g/mol. The molecule has 0 saturated heterocycles. The van der Waals surface area contributed by atoms with Crippen LogP contribution in [0.2, 0.25) is 0 Å². The van der Waals surface area contributed by atoms with Crippen molar-refractivity contribution in [1.82, 2.24) is 16.0 Å². The predicted molar refractivity (Wildman–Crippen MR) is 120 cm³/mol. The maximum absolute atomic E-state index is 12.8. The Morgan fingerprint density at radius 3 is 1.39 bits per heavy atom. The van der Waals surface area contributed by atoms with Crippen molar-refractivity contribution >= 4 is 47.3 Å². The van der Waals surface area contributed by atoms with E-state index in [0.29, 0.717) is 0 Å². The highest BCUT2D eigenvalue weighted by molar-refractivity contribution is 5.96. The molecule has 0 heterocycles. The Kier molecular flexibility index (Phi) is 13.7. The molecule has 0 spiro atoms. The van der Waals surface area contributed by atoms with Crippen LogP contribution in [0.25, 0.3) is 0 Å². The van der Waals surface area contributed by atoms with Crippen LogP contribution in [0, 0.1) is 0 Å². The lowest BCUT2D eigenvalue weighted by Crippen LogP contribution is -2.57. The molecule has 0 radical (unpaired) electrons. The van der Waals surface area contributed by atoms with Crippen molar-refractivity contribution in [3.05, 3.63) is 0 Å². The van der Waals surface area contributed by atoms with E-state index in [1.54, 1.807) is 0 Å². The molecule has 0 aromatic heterocycles. The van der Waals surface area contributed by atoms with Crippen molar-refractivity contribution in [2.45, 2.75) is 69.1 Å². The van der Waals surface area contributed by atoms with Gasteiger partial charge in [0.15, 0.2) is 0 Å². The zero-order valence-corrected chi connectivity index (χ0v) is 19.4. The highest BCUT2D eigenvalue weighted by atomic mass is 16.4. The largest absolute Gasteiger partial charge is 0.480 e. The lowest BCUT2D eigenvalue weighted by atomic mass is 10.1. The van der Waals surface area contributed by atoms with Crippen molar-refractivity contribution in [2.75, 3.05) is 0 Å². The van der Waals surface area contributed by atoms with Gasteiger partial charge in [0.05, 0.1) is 12.5 Å². The minimum absolute atomic E-state index is 0.155. The average Bonchev–Trinajstić information content (AvgIpc) is 2.75. The number of nitrogens with one attached hydrogen (secondary N) is 3. The molecule has 14 N–H and O–H groups in total. The number of hydrogen-bond donors (Lipinski definition) is 9. The van der Waals surface area contributed by atoms with Crippen molar-refractivity contribution < 1.29 is 43.5 Å². The van der Waals surface area contributed by atoms with E-state index < -0.39 is 84.3 Å². The minimum Gasteiger partial charge on any atom is -0.480 e. The summed E-state index contributed by atoms with van der Waals surface area (Å²) in [5.41, 5.74) is 25.8. The maximum Gasteiger partial charge on any atom is 0.326 e. The molecular formula is C19H32N8O9. The van der Waals surface area contributed by atoms with Gasteiger partial charge in [0, 0.05) is 19.3 Å². The van der Waals surface area contributed by atoms with Gasteiger partial charge < -0.3 is 49.7 Å². The molecule has 0 saturated carbocycles. The Balaban J connectivity index is 5.59. The first-order valence-electron chi connectivity index (χ1n) is 10.7. The van der Waals surface area contributed by atoms with Gasteiger partial charge in [-0.05, 0) is 19.3 Å². The van der Waals surface area contributed by atoms with Crippen LogP contribution in [0.1, 0.15) is 44.9 Å². The van der Waals surface area contributed by atoms with Gasteiger partial charge in [-0.15, -0.1) is 0 Å². The summed E-state index contributed by atoms with van der Waals surface area (Å²) in [4.78, 5) is 93.5. The minimum atomic E-state index is -1.61. The van der Waals surface area contributed by atoms with E-state index in [1.165, 1.54) is 0 Å². The molecule has 0 aliphatic rings. The van der Waals surface area contributed by atoms with Crippen molar-refractivity contribution in [3.8, 4) is 0 Å². The molecule has 0 rings (SSSR count). The van der Waals surface area contributed by atoms with Gasteiger partial charge in [-0.2, -0.15) is 0 Å². The standard InChI is InChI=1S/C19H32N8O9/c20-8(1-4-12(21)28)16(32)27-11(7-15(24)31)18(34)25-9(2-5-13(22)29)17(33)26-10(19(35)36)3-6-14(23)30/h8-11H,1-7,20H2,(H2,21,28)(H2,22,29)(H2,23,30)(H2,24,31)(H,25,34)(H,26,33)(H,27,32)(H,35,36). The summed E-state index contributed by atoms with van der Waals surface area (Å²) in [6.45, 7) is 0. The number of amides is 7. The number of rotatable bonds is 18. The number of carbonyl (C=O) groups excluding carboxylic acids is 7. The zero-order valence-electron chi connectivity index (χ0n) is 19.4. The van der Waals surface area contributed by atoms with Crippen molar-refractivity contribution in [2.24, 2.45) is 28.7 Å². The first kappa shape index (κ1) is 31.7. The van der Waals surface area contributed by atoms with Gasteiger partial charge in [-0.3, -0.25) is 33.6 Å². The number of nitrogens with two attached hydrogens (primary N) is 5. The Morgan fingerprint density at radius 1 is 0.556 bits per heavy atom. The van der Waals surface area contributed by atoms with E-state index >= 15 is 0 Å². The van der Waals surface area contributed by atoms with Crippen LogP contribution in [0.15, 0.2) is 0 Å². The summed E-state index contributed by atoms with van der Waals surface area (Å²) in [7, 11) is 0. The lowest BCUT2D eigenvalue weighted by Gasteiger charge is -2.24. The fraction of sp³-hybridized carbons (Fsp3) is 0.579. The highest BCUT2D eigenvalue weighted by Crippen LogP contribution is 2.05. The molecule has 0 aliphatic carbocycles. The normalized spacial score (nSPS) is 13.8. The number of carboxylic acid groups (broad SMARTS) is 1. The van der Waals surface area contributed by atoms with Crippen LogP contribution in [0.5, 0.6) is 0 Å². The van der Waals surface area contributed by atoms with Crippen LogP contribution in [-0.4, -0.2) is 76.6 Å². The van der Waals surface area contributed by atoms with Gasteiger partial charge in [-0.1, -0.05) is 0 Å². The van der Waals surface area contributed by atoms with Crippen LogP contribution in [0.4, 0.5) is 0 Å². The summed E-state index contributed by atoms with van der Waals surface area (Å²) < 4.78 is 0. The van der Waals surface area contributed by atoms with Gasteiger partial charge in [0.2, 0.25) is 41.4 Å². The van der Waals surface area contributed by atoms with E-state index in [9.17, 15) is 43.5 Å². The molecule has 202 valence electrons. The Bertz CT molecular complexity index is 879. The number of primary amides is 4. The van der Waals surface area contributed by atoms with Crippen LogP contribution >= 0.6 is 0 Å². The fourth-order valence-electron chi connectivity index (χ4n) is 2.76. The summed E-state index contributed by atoms with van der Waals surface area (Å²) in [5, 5.41) is 15.8. The smallest absolute Gasteiger partial charge is 0.326 e. The quantitative estimate of drug-likeness (QED) is 0.0831. The van der Waals surface area contributed by atoms with E-state index in [2.05, 4.69) is 16.0 Å².